The number of rotatable bonds is 10. The van der Waals surface area contributed by atoms with Gasteiger partial charge in [-0.25, -0.2) is 4.68 Å². The Morgan fingerprint density at radius 2 is 1.82 bits per heavy atom. The van der Waals surface area contributed by atoms with Crippen molar-refractivity contribution in [2.75, 3.05) is 11.9 Å². The number of carbonyl (C=O) groups excluding carboxylic acids is 1. The number of anilines is 1. The quantitative estimate of drug-likeness (QED) is 0.208. The first-order chi connectivity index (χ1) is 18.9. The Labute approximate surface area is 237 Å². The van der Waals surface area contributed by atoms with Crippen LogP contribution in [0.5, 0.6) is 11.5 Å². The largest absolute Gasteiger partial charge is 0.490 e. The van der Waals surface area contributed by atoms with Gasteiger partial charge in [0.05, 0.1) is 6.61 Å². The number of benzene rings is 3. The second-order valence-corrected chi connectivity index (χ2v) is 10.4. The van der Waals surface area contributed by atoms with Crippen LogP contribution < -0.4 is 14.8 Å². The standard InChI is InChI=1S/C30H29ClN4O3S/c1-4-37-26-16-22(14-15-25(26)38-17-21-10-6-5-7-11-21)28-27(20(3)36)19(2)32-29-33-30(34-35(28)29)39-18-23-12-8-9-13-24(23)31/h5-16,28H,4,17-18H2,1-3H3,(H,32,33,34). The fraction of sp³-hybridized carbons (Fsp3) is 0.233. The molecule has 1 unspecified atom stereocenters. The zero-order valence-electron chi connectivity index (χ0n) is 22.0. The third-order valence-corrected chi connectivity index (χ3v) is 7.60. The predicted octanol–water partition coefficient (Wildman–Crippen LogP) is 7.08. The van der Waals surface area contributed by atoms with Gasteiger partial charge in [0, 0.05) is 22.0 Å². The van der Waals surface area contributed by atoms with Crippen LogP contribution in [0, 0.1) is 0 Å². The highest BCUT2D eigenvalue weighted by atomic mass is 35.5. The maximum absolute atomic E-state index is 12.9. The zero-order chi connectivity index (χ0) is 27.4. The van der Waals surface area contributed by atoms with Gasteiger partial charge in [-0.3, -0.25) is 4.79 Å². The number of hydrogen-bond donors (Lipinski definition) is 1. The summed E-state index contributed by atoms with van der Waals surface area (Å²) in [7, 11) is 0. The van der Waals surface area contributed by atoms with Crippen LogP contribution in [0.25, 0.3) is 0 Å². The van der Waals surface area contributed by atoms with Crippen LogP contribution in [0.15, 0.2) is 89.2 Å². The minimum atomic E-state index is -0.469. The number of fused-ring (bicyclic) bond motifs is 1. The zero-order valence-corrected chi connectivity index (χ0v) is 23.6. The van der Waals surface area contributed by atoms with Gasteiger partial charge in [0.15, 0.2) is 17.3 Å². The molecule has 0 amide bonds. The van der Waals surface area contributed by atoms with Gasteiger partial charge in [-0.1, -0.05) is 78.0 Å². The predicted molar refractivity (Wildman–Crippen MR) is 155 cm³/mol. The van der Waals surface area contributed by atoms with Crippen molar-refractivity contribution < 1.29 is 14.3 Å². The van der Waals surface area contributed by atoms with E-state index >= 15 is 0 Å². The number of ether oxygens (including phenoxy) is 2. The van der Waals surface area contributed by atoms with E-state index in [0.717, 1.165) is 22.4 Å². The first kappa shape index (κ1) is 26.8. The van der Waals surface area contributed by atoms with Gasteiger partial charge in [0.2, 0.25) is 11.1 Å². The van der Waals surface area contributed by atoms with Crippen molar-refractivity contribution in [3.63, 3.8) is 0 Å². The average molecular weight is 561 g/mol. The Morgan fingerprint density at radius 3 is 2.56 bits per heavy atom. The van der Waals surface area contributed by atoms with E-state index in [4.69, 9.17) is 31.2 Å². The van der Waals surface area contributed by atoms with Crippen molar-refractivity contribution in [1.82, 2.24) is 14.8 Å². The first-order valence-electron chi connectivity index (χ1n) is 12.7. The Kier molecular flexibility index (Phi) is 8.24. The summed E-state index contributed by atoms with van der Waals surface area (Å²) in [5, 5.41) is 9.36. The molecule has 3 aromatic carbocycles. The maximum atomic E-state index is 12.9. The molecule has 1 aliphatic rings. The Balaban J connectivity index is 1.47. The number of hydrogen-bond acceptors (Lipinski definition) is 7. The number of ketones is 1. The highest BCUT2D eigenvalue weighted by Crippen LogP contribution is 2.40. The summed E-state index contributed by atoms with van der Waals surface area (Å²) in [6.07, 6.45) is 0. The molecule has 0 radical (unpaired) electrons. The second kappa shape index (κ2) is 12.0. The molecule has 2 heterocycles. The lowest BCUT2D eigenvalue weighted by molar-refractivity contribution is -0.114. The molecule has 5 rings (SSSR count). The molecule has 1 aliphatic heterocycles. The topological polar surface area (TPSA) is 78.3 Å². The van der Waals surface area contributed by atoms with Crippen LogP contribution in [0.4, 0.5) is 5.95 Å². The molecule has 7 nitrogen and oxygen atoms in total. The van der Waals surface area contributed by atoms with Crippen molar-refractivity contribution in [3.8, 4) is 11.5 Å². The van der Waals surface area contributed by atoms with Crippen molar-refractivity contribution in [1.29, 1.82) is 0 Å². The lowest BCUT2D eigenvalue weighted by Gasteiger charge is -2.28. The van der Waals surface area contributed by atoms with E-state index in [2.05, 4.69) is 5.32 Å². The summed E-state index contributed by atoms with van der Waals surface area (Å²) in [5.41, 5.74) is 4.29. The Bertz CT molecular complexity index is 1520. The summed E-state index contributed by atoms with van der Waals surface area (Å²) >= 11 is 7.83. The lowest BCUT2D eigenvalue weighted by atomic mass is 9.93. The van der Waals surface area contributed by atoms with Crippen LogP contribution in [0.3, 0.4) is 0 Å². The summed E-state index contributed by atoms with van der Waals surface area (Å²) in [5.74, 6) is 2.41. The smallest absolute Gasteiger partial charge is 0.227 e. The van der Waals surface area contributed by atoms with Gasteiger partial charge >= 0.3 is 0 Å². The number of allylic oxidation sites excluding steroid dienone is 2. The van der Waals surface area contributed by atoms with Gasteiger partial charge < -0.3 is 14.8 Å². The number of nitrogens with zero attached hydrogens (tertiary/aromatic N) is 3. The lowest BCUT2D eigenvalue weighted by Crippen LogP contribution is -2.27. The number of Topliss-reactive ketones (excluding diaryl/α,β-unsaturated/α-hetero) is 1. The SMILES string of the molecule is CCOc1cc(C2C(C(C)=O)=C(C)Nc3nc(SCc4ccccc4Cl)nn32)ccc1OCc1ccccc1. The van der Waals surface area contributed by atoms with Crippen molar-refractivity contribution in [3.05, 3.63) is 106 Å². The molecule has 0 spiro atoms. The molecule has 200 valence electrons. The highest BCUT2D eigenvalue weighted by Gasteiger charge is 2.33. The Hall–Kier alpha value is -3.75. The third-order valence-electron chi connectivity index (χ3n) is 6.35. The third kappa shape index (κ3) is 5.97. The number of thioether (sulfide) groups is 1. The van der Waals surface area contributed by atoms with Gasteiger partial charge in [0.1, 0.15) is 12.6 Å². The van der Waals surface area contributed by atoms with Crippen LogP contribution in [-0.2, 0) is 17.2 Å². The Morgan fingerprint density at radius 1 is 1.05 bits per heavy atom. The molecule has 1 atom stereocenters. The van der Waals surface area contributed by atoms with Crippen LogP contribution >= 0.6 is 23.4 Å². The summed E-state index contributed by atoms with van der Waals surface area (Å²) < 4.78 is 13.8. The van der Waals surface area contributed by atoms with E-state index in [-0.39, 0.29) is 5.78 Å². The van der Waals surface area contributed by atoms with Gasteiger partial charge in [-0.15, -0.1) is 5.10 Å². The van der Waals surface area contributed by atoms with Crippen molar-refractivity contribution >= 4 is 35.1 Å². The molecular formula is C30H29ClN4O3S. The molecule has 1 N–H and O–H groups in total. The van der Waals surface area contributed by atoms with Crippen LogP contribution in [-0.4, -0.2) is 27.2 Å². The van der Waals surface area contributed by atoms with Crippen LogP contribution in [0.1, 0.15) is 43.5 Å². The van der Waals surface area contributed by atoms with E-state index in [0.29, 0.717) is 52.2 Å². The molecule has 39 heavy (non-hydrogen) atoms. The molecule has 0 aliphatic carbocycles. The maximum Gasteiger partial charge on any atom is 0.227 e. The molecule has 4 aromatic rings. The minimum absolute atomic E-state index is 0.0428. The molecule has 1 aromatic heterocycles. The van der Waals surface area contributed by atoms with E-state index in [1.165, 1.54) is 11.8 Å². The van der Waals surface area contributed by atoms with Crippen molar-refractivity contribution in [2.45, 2.75) is 44.3 Å². The van der Waals surface area contributed by atoms with Gasteiger partial charge in [-0.05, 0) is 55.7 Å². The fourth-order valence-corrected chi connectivity index (χ4v) is 5.65. The first-order valence-corrected chi connectivity index (χ1v) is 14.1. The highest BCUT2D eigenvalue weighted by molar-refractivity contribution is 7.98. The summed E-state index contributed by atoms with van der Waals surface area (Å²) in [4.78, 5) is 17.6. The van der Waals surface area contributed by atoms with E-state index in [9.17, 15) is 4.79 Å². The molecule has 0 bridgehead atoms. The monoisotopic (exact) mass is 560 g/mol. The molecule has 0 saturated heterocycles. The molecule has 0 fully saturated rings. The summed E-state index contributed by atoms with van der Waals surface area (Å²) in [6, 6.07) is 23.0. The van der Waals surface area contributed by atoms with E-state index in [1.54, 1.807) is 11.6 Å². The number of halogens is 1. The van der Waals surface area contributed by atoms with Crippen LogP contribution in [0.2, 0.25) is 5.02 Å². The normalized spacial score (nSPS) is 14.5. The molecule has 0 saturated carbocycles. The second-order valence-electron chi connectivity index (χ2n) is 9.08. The molecule has 9 heteroatoms. The average Bonchev–Trinajstić information content (AvgIpc) is 3.34. The van der Waals surface area contributed by atoms with E-state index < -0.39 is 6.04 Å². The minimum Gasteiger partial charge on any atom is -0.490 e. The summed E-state index contributed by atoms with van der Waals surface area (Å²) in [6.45, 7) is 6.29. The number of aromatic nitrogens is 3. The fourth-order valence-electron chi connectivity index (χ4n) is 4.53. The van der Waals surface area contributed by atoms with E-state index in [1.807, 2.05) is 86.6 Å². The van der Waals surface area contributed by atoms with Gasteiger partial charge in [0.25, 0.3) is 0 Å². The molecular weight excluding hydrogens is 532 g/mol. The number of nitrogens with one attached hydrogen (secondary N) is 1. The number of carbonyl (C=O) groups is 1. The van der Waals surface area contributed by atoms with Crippen molar-refractivity contribution in [2.24, 2.45) is 0 Å². The van der Waals surface area contributed by atoms with Gasteiger partial charge in [-0.2, -0.15) is 4.98 Å².